The zero-order chi connectivity index (χ0) is 12.8. The summed E-state index contributed by atoms with van der Waals surface area (Å²) in [5, 5.41) is 3.31. The van der Waals surface area contributed by atoms with E-state index in [4.69, 9.17) is 16.3 Å². The lowest BCUT2D eigenvalue weighted by molar-refractivity contribution is -0.140. The average Bonchev–Trinajstić information content (AvgIpc) is 2.26. The van der Waals surface area contributed by atoms with E-state index >= 15 is 0 Å². The minimum atomic E-state index is -0.322. The molecule has 1 aromatic rings. The standard InChI is InChI=1S/C11H16ClN3O2/c1-4-17-8(16)5-13-11-9(7(2)3)10(12)14-6-15-11/h6-7H,4-5H2,1-3H3,(H,13,14,15). The molecule has 0 amide bonds. The van der Waals surface area contributed by atoms with Gasteiger partial charge in [-0.3, -0.25) is 4.79 Å². The molecule has 17 heavy (non-hydrogen) atoms. The van der Waals surface area contributed by atoms with Crippen molar-refractivity contribution in [3.05, 3.63) is 17.0 Å². The summed E-state index contributed by atoms with van der Waals surface area (Å²) in [6.45, 7) is 6.17. The van der Waals surface area contributed by atoms with Crippen LogP contribution in [0.15, 0.2) is 6.33 Å². The fourth-order valence-electron chi connectivity index (χ4n) is 1.39. The summed E-state index contributed by atoms with van der Waals surface area (Å²) in [6.07, 6.45) is 1.36. The molecule has 0 bridgehead atoms. The molecule has 0 saturated heterocycles. The first-order valence-electron chi connectivity index (χ1n) is 5.46. The van der Waals surface area contributed by atoms with Crippen LogP contribution < -0.4 is 5.32 Å². The first-order chi connectivity index (χ1) is 8.06. The maximum Gasteiger partial charge on any atom is 0.325 e. The van der Waals surface area contributed by atoms with Crippen LogP contribution in [0, 0.1) is 0 Å². The van der Waals surface area contributed by atoms with Gasteiger partial charge < -0.3 is 10.1 Å². The van der Waals surface area contributed by atoms with Crippen molar-refractivity contribution in [2.24, 2.45) is 0 Å². The molecule has 0 aliphatic carbocycles. The zero-order valence-corrected chi connectivity index (χ0v) is 10.9. The van der Waals surface area contributed by atoms with Crippen LogP contribution in [-0.4, -0.2) is 29.1 Å². The summed E-state index contributed by atoms with van der Waals surface area (Å²) < 4.78 is 4.82. The molecule has 5 nitrogen and oxygen atoms in total. The van der Waals surface area contributed by atoms with Crippen molar-refractivity contribution in [1.82, 2.24) is 9.97 Å². The second kappa shape index (κ2) is 6.39. The van der Waals surface area contributed by atoms with Gasteiger partial charge in [-0.1, -0.05) is 25.4 Å². The Morgan fingerprint density at radius 2 is 2.24 bits per heavy atom. The zero-order valence-electron chi connectivity index (χ0n) is 10.2. The third-order valence-corrected chi connectivity index (χ3v) is 2.42. The van der Waals surface area contributed by atoms with E-state index in [-0.39, 0.29) is 18.4 Å². The Balaban J connectivity index is 2.77. The smallest absolute Gasteiger partial charge is 0.325 e. The third-order valence-electron chi connectivity index (χ3n) is 2.12. The number of nitrogens with one attached hydrogen (secondary N) is 1. The van der Waals surface area contributed by atoms with E-state index in [0.717, 1.165) is 5.56 Å². The quantitative estimate of drug-likeness (QED) is 0.647. The van der Waals surface area contributed by atoms with Crippen LogP contribution in [0.4, 0.5) is 5.82 Å². The molecule has 0 saturated carbocycles. The van der Waals surface area contributed by atoms with E-state index in [1.165, 1.54) is 6.33 Å². The minimum absolute atomic E-state index is 0.0703. The van der Waals surface area contributed by atoms with Gasteiger partial charge >= 0.3 is 5.97 Å². The fraction of sp³-hybridized carbons (Fsp3) is 0.545. The Morgan fingerprint density at radius 3 is 2.82 bits per heavy atom. The summed E-state index contributed by atoms with van der Waals surface area (Å²) >= 11 is 5.99. The molecular weight excluding hydrogens is 242 g/mol. The fourth-order valence-corrected chi connectivity index (χ4v) is 1.75. The molecule has 1 N–H and O–H groups in total. The van der Waals surface area contributed by atoms with Crippen molar-refractivity contribution in [3.8, 4) is 0 Å². The Kier molecular flexibility index (Phi) is 5.15. The van der Waals surface area contributed by atoms with Gasteiger partial charge in [-0.25, -0.2) is 9.97 Å². The van der Waals surface area contributed by atoms with Gasteiger partial charge in [-0.15, -0.1) is 0 Å². The second-order valence-electron chi connectivity index (χ2n) is 3.74. The molecule has 0 unspecified atom stereocenters. The van der Waals surface area contributed by atoms with Gasteiger partial charge in [0.2, 0.25) is 0 Å². The van der Waals surface area contributed by atoms with Crippen molar-refractivity contribution >= 4 is 23.4 Å². The largest absolute Gasteiger partial charge is 0.465 e. The first-order valence-corrected chi connectivity index (χ1v) is 5.84. The van der Waals surface area contributed by atoms with Gasteiger partial charge in [0, 0.05) is 5.56 Å². The third kappa shape index (κ3) is 3.85. The molecule has 0 radical (unpaired) electrons. The van der Waals surface area contributed by atoms with E-state index < -0.39 is 0 Å². The van der Waals surface area contributed by atoms with Gasteiger partial charge in [0.05, 0.1) is 6.61 Å². The predicted octanol–water partition coefficient (Wildman–Crippen LogP) is 2.23. The van der Waals surface area contributed by atoms with Crippen LogP contribution in [-0.2, 0) is 9.53 Å². The molecule has 0 aliphatic rings. The lowest BCUT2D eigenvalue weighted by atomic mass is 10.1. The van der Waals surface area contributed by atoms with Gasteiger partial charge in [0.15, 0.2) is 0 Å². The van der Waals surface area contributed by atoms with Crippen LogP contribution in [0.1, 0.15) is 32.3 Å². The van der Waals surface area contributed by atoms with Crippen LogP contribution in [0.5, 0.6) is 0 Å². The molecule has 94 valence electrons. The number of esters is 1. The summed E-state index contributed by atoms with van der Waals surface area (Å²) in [6, 6.07) is 0. The Morgan fingerprint density at radius 1 is 1.53 bits per heavy atom. The minimum Gasteiger partial charge on any atom is -0.465 e. The molecule has 6 heteroatoms. The van der Waals surface area contributed by atoms with E-state index in [2.05, 4.69) is 15.3 Å². The number of carbonyl (C=O) groups is 1. The lowest BCUT2D eigenvalue weighted by Crippen LogP contribution is -2.18. The molecule has 0 aromatic carbocycles. The summed E-state index contributed by atoms with van der Waals surface area (Å²) in [5.74, 6) is 0.429. The van der Waals surface area contributed by atoms with E-state index in [1.54, 1.807) is 6.92 Å². The molecule has 1 aromatic heterocycles. The van der Waals surface area contributed by atoms with E-state index in [0.29, 0.717) is 17.6 Å². The van der Waals surface area contributed by atoms with Crippen molar-refractivity contribution in [1.29, 1.82) is 0 Å². The van der Waals surface area contributed by atoms with Gasteiger partial charge in [0.1, 0.15) is 23.8 Å². The lowest BCUT2D eigenvalue weighted by Gasteiger charge is -2.13. The number of ether oxygens (including phenoxy) is 1. The number of hydrogen-bond donors (Lipinski definition) is 1. The highest BCUT2D eigenvalue weighted by atomic mass is 35.5. The van der Waals surface area contributed by atoms with Gasteiger partial charge in [-0.05, 0) is 12.8 Å². The SMILES string of the molecule is CCOC(=O)CNc1ncnc(Cl)c1C(C)C. The monoisotopic (exact) mass is 257 g/mol. The number of anilines is 1. The molecule has 0 fully saturated rings. The van der Waals surface area contributed by atoms with Crippen LogP contribution in [0.2, 0.25) is 5.15 Å². The highest BCUT2D eigenvalue weighted by Gasteiger charge is 2.14. The number of rotatable bonds is 5. The number of nitrogens with zero attached hydrogens (tertiary/aromatic N) is 2. The maximum atomic E-state index is 11.2. The summed E-state index contributed by atoms with van der Waals surface area (Å²) in [7, 11) is 0. The van der Waals surface area contributed by atoms with Crippen molar-refractivity contribution in [3.63, 3.8) is 0 Å². The maximum absolute atomic E-state index is 11.2. The number of hydrogen-bond acceptors (Lipinski definition) is 5. The molecule has 0 aliphatic heterocycles. The number of halogens is 1. The highest BCUT2D eigenvalue weighted by Crippen LogP contribution is 2.27. The topological polar surface area (TPSA) is 64.1 Å². The van der Waals surface area contributed by atoms with Crippen LogP contribution >= 0.6 is 11.6 Å². The summed E-state index contributed by atoms with van der Waals surface area (Å²) in [4.78, 5) is 19.2. The second-order valence-corrected chi connectivity index (χ2v) is 4.10. The van der Waals surface area contributed by atoms with Gasteiger partial charge in [0.25, 0.3) is 0 Å². The molecular formula is C11H16ClN3O2. The van der Waals surface area contributed by atoms with Crippen LogP contribution in [0.25, 0.3) is 0 Å². The average molecular weight is 258 g/mol. The Hall–Kier alpha value is -1.36. The first kappa shape index (κ1) is 13.7. The highest BCUT2D eigenvalue weighted by molar-refractivity contribution is 6.30. The summed E-state index contributed by atoms with van der Waals surface area (Å²) in [5.41, 5.74) is 0.804. The molecule has 0 spiro atoms. The van der Waals surface area contributed by atoms with Gasteiger partial charge in [-0.2, -0.15) is 0 Å². The number of aromatic nitrogens is 2. The normalized spacial score (nSPS) is 10.4. The molecule has 1 rings (SSSR count). The van der Waals surface area contributed by atoms with Crippen molar-refractivity contribution < 1.29 is 9.53 Å². The van der Waals surface area contributed by atoms with E-state index in [9.17, 15) is 4.79 Å². The Bertz CT molecular complexity index is 396. The van der Waals surface area contributed by atoms with Crippen LogP contribution in [0.3, 0.4) is 0 Å². The molecule has 0 atom stereocenters. The predicted molar refractivity (Wildman–Crippen MR) is 66.3 cm³/mol. The Labute approximate surface area is 106 Å². The molecule has 1 heterocycles. The van der Waals surface area contributed by atoms with Crippen molar-refractivity contribution in [2.45, 2.75) is 26.7 Å². The van der Waals surface area contributed by atoms with Crippen molar-refractivity contribution in [2.75, 3.05) is 18.5 Å². The van der Waals surface area contributed by atoms with E-state index in [1.807, 2.05) is 13.8 Å². The number of carbonyl (C=O) groups excluding carboxylic acids is 1.